The Morgan fingerprint density at radius 3 is 2.70 bits per heavy atom. The number of carbonyl (C=O) groups is 1. The molecule has 0 aliphatic heterocycles. The first-order chi connectivity index (χ1) is 9.65. The van der Waals surface area contributed by atoms with E-state index >= 15 is 0 Å². The van der Waals surface area contributed by atoms with Crippen molar-refractivity contribution >= 4 is 28.9 Å². The summed E-state index contributed by atoms with van der Waals surface area (Å²) < 4.78 is 5.45. The molecule has 0 aromatic heterocycles. The quantitative estimate of drug-likeness (QED) is 0.830. The van der Waals surface area contributed by atoms with Crippen molar-refractivity contribution in [2.24, 2.45) is 0 Å². The number of anilines is 2. The van der Waals surface area contributed by atoms with Crippen LogP contribution in [0.2, 0.25) is 5.02 Å². The molecule has 0 heterocycles. The topological polar surface area (TPSA) is 64.3 Å². The van der Waals surface area contributed by atoms with Crippen molar-refractivity contribution in [3.05, 3.63) is 53.6 Å². The summed E-state index contributed by atoms with van der Waals surface area (Å²) in [5, 5.41) is 3.23. The number of halogens is 1. The van der Waals surface area contributed by atoms with Gasteiger partial charge in [0.2, 0.25) is 5.91 Å². The summed E-state index contributed by atoms with van der Waals surface area (Å²) in [5.41, 5.74) is 6.75. The molecule has 2 aromatic carbocycles. The molecule has 2 aromatic rings. The van der Waals surface area contributed by atoms with Gasteiger partial charge in [0, 0.05) is 5.02 Å². The van der Waals surface area contributed by atoms with Crippen molar-refractivity contribution in [2.75, 3.05) is 17.7 Å². The molecule has 2 rings (SSSR count). The zero-order valence-corrected chi connectivity index (χ0v) is 11.6. The van der Waals surface area contributed by atoms with Crippen LogP contribution in [0.5, 0.6) is 5.75 Å². The van der Waals surface area contributed by atoms with E-state index in [1.807, 2.05) is 30.3 Å². The standard InChI is InChI=1S/C15H15ClN2O2/c16-11-6-7-13(17)14(10-11)18-15(19)8-9-20-12-4-2-1-3-5-12/h1-7,10H,8-9,17H2,(H,18,19). The molecule has 1 amide bonds. The summed E-state index contributed by atoms with van der Waals surface area (Å²) in [6, 6.07) is 14.3. The van der Waals surface area contributed by atoms with Crippen LogP contribution in [0.25, 0.3) is 0 Å². The van der Waals surface area contributed by atoms with Crippen LogP contribution in [0.4, 0.5) is 11.4 Å². The van der Waals surface area contributed by atoms with E-state index < -0.39 is 0 Å². The molecule has 0 bridgehead atoms. The van der Waals surface area contributed by atoms with Gasteiger partial charge in [-0.3, -0.25) is 4.79 Å². The second-order valence-electron chi connectivity index (χ2n) is 4.19. The highest BCUT2D eigenvalue weighted by Crippen LogP contribution is 2.22. The average molecular weight is 291 g/mol. The third-order valence-electron chi connectivity index (χ3n) is 2.63. The number of nitrogens with one attached hydrogen (secondary N) is 1. The highest BCUT2D eigenvalue weighted by atomic mass is 35.5. The Kier molecular flexibility index (Phi) is 4.85. The summed E-state index contributed by atoms with van der Waals surface area (Å²) in [5.74, 6) is 0.567. The predicted octanol–water partition coefficient (Wildman–Crippen LogP) is 3.33. The Morgan fingerprint density at radius 1 is 1.20 bits per heavy atom. The zero-order chi connectivity index (χ0) is 14.4. The highest BCUT2D eigenvalue weighted by Gasteiger charge is 2.06. The van der Waals surface area contributed by atoms with Crippen molar-refractivity contribution < 1.29 is 9.53 Å². The Morgan fingerprint density at radius 2 is 1.95 bits per heavy atom. The van der Waals surface area contributed by atoms with Crippen LogP contribution in [-0.4, -0.2) is 12.5 Å². The smallest absolute Gasteiger partial charge is 0.227 e. The molecular weight excluding hydrogens is 276 g/mol. The van der Waals surface area contributed by atoms with E-state index in [2.05, 4.69) is 5.32 Å². The first kappa shape index (κ1) is 14.2. The summed E-state index contributed by atoms with van der Waals surface area (Å²) in [7, 11) is 0. The summed E-state index contributed by atoms with van der Waals surface area (Å²) in [6.45, 7) is 0.302. The van der Waals surface area contributed by atoms with E-state index in [1.165, 1.54) is 0 Å². The first-order valence-electron chi connectivity index (χ1n) is 6.18. The monoisotopic (exact) mass is 290 g/mol. The molecule has 104 valence electrons. The number of ether oxygens (including phenoxy) is 1. The Labute approximate surface area is 122 Å². The van der Waals surface area contributed by atoms with Crippen LogP contribution >= 0.6 is 11.6 Å². The van der Waals surface area contributed by atoms with E-state index in [1.54, 1.807) is 18.2 Å². The number of benzene rings is 2. The van der Waals surface area contributed by atoms with Crippen molar-refractivity contribution in [3.8, 4) is 5.75 Å². The van der Waals surface area contributed by atoms with Gasteiger partial charge in [-0.1, -0.05) is 29.8 Å². The Hall–Kier alpha value is -2.20. The third kappa shape index (κ3) is 4.17. The number of amides is 1. The lowest BCUT2D eigenvalue weighted by atomic mass is 10.2. The minimum Gasteiger partial charge on any atom is -0.493 e. The first-order valence-corrected chi connectivity index (χ1v) is 6.55. The molecule has 0 saturated carbocycles. The van der Waals surface area contributed by atoms with Gasteiger partial charge in [0.15, 0.2) is 0 Å². The average Bonchev–Trinajstić information content (AvgIpc) is 2.44. The maximum atomic E-state index is 11.8. The largest absolute Gasteiger partial charge is 0.493 e. The Balaban J connectivity index is 1.82. The normalized spacial score (nSPS) is 10.1. The lowest BCUT2D eigenvalue weighted by Gasteiger charge is -2.09. The summed E-state index contributed by atoms with van der Waals surface area (Å²) in [6.07, 6.45) is 0.237. The molecule has 0 aliphatic carbocycles. The van der Waals surface area contributed by atoms with Crippen LogP contribution in [-0.2, 0) is 4.79 Å². The summed E-state index contributed by atoms with van der Waals surface area (Å²) >= 11 is 5.85. The van der Waals surface area contributed by atoms with Crippen molar-refractivity contribution in [3.63, 3.8) is 0 Å². The SMILES string of the molecule is Nc1ccc(Cl)cc1NC(=O)CCOc1ccccc1. The van der Waals surface area contributed by atoms with Gasteiger partial charge in [0.05, 0.1) is 24.4 Å². The van der Waals surface area contributed by atoms with Crippen molar-refractivity contribution in [1.82, 2.24) is 0 Å². The minimum absolute atomic E-state index is 0.171. The van der Waals surface area contributed by atoms with Gasteiger partial charge in [-0.05, 0) is 30.3 Å². The maximum absolute atomic E-state index is 11.8. The molecular formula is C15H15ClN2O2. The van der Waals surface area contributed by atoms with E-state index in [9.17, 15) is 4.79 Å². The van der Waals surface area contributed by atoms with Crippen LogP contribution in [0.1, 0.15) is 6.42 Å². The third-order valence-corrected chi connectivity index (χ3v) is 2.87. The molecule has 0 radical (unpaired) electrons. The van der Waals surface area contributed by atoms with E-state index in [0.717, 1.165) is 5.75 Å². The molecule has 0 fully saturated rings. The van der Waals surface area contributed by atoms with Gasteiger partial charge >= 0.3 is 0 Å². The van der Waals surface area contributed by atoms with E-state index in [4.69, 9.17) is 22.1 Å². The van der Waals surface area contributed by atoms with Crippen LogP contribution in [0, 0.1) is 0 Å². The highest BCUT2D eigenvalue weighted by molar-refractivity contribution is 6.31. The maximum Gasteiger partial charge on any atom is 0.227 e. The molecule has 0 saturated heterocycles. The zero-order valence-electron chi connectivity index (χ0n) is 10.8. The van der Waals surface area contributed by atoms with Crippen LogP contribution in [0.15, 0.2) is 48.5 Å². The van der Waals surface area contributed by atoms with Crippen LogP contribution in [0.3, 0.4) is 0 Å². The fourth-order valence-corrected chi connectivity index (χ4v) is 1.80. The van der Waals surface area contributed by atoms with Crippen LogP contribution < -0.4 is 15.8 Å². The number of nitrogen functional groups attached to an aromatic ring is 1. The number of para-hydroxylation sites is 1. The number of hydrogen-bond acceptors (Lipinski definition) is 3. The number of hydrogen-bond donors (Lipinski definition) is 2. The van der Waals surface area contributed by atoms with E-state index in [0.29, 0.717) is 23.0 Å². The van der Waals surface area contributed by atoms with Gasteiger partial charge in [0.1, 0.15) is 5.75 Å². The molecule has 5 heteroatoms. The predicted molar refractivity (Wildman–Crippen MR) is 81.0 cm³/mol. The van der Waals surface area contributed by atoms with Gasteiger partial charge in [-0.2, -0.15) is 0 Å². The number of nitrogens with two attached hydrogens (primary N) is 1. The second-order valence-corrected chi connectivity index (χ2v) is 4.63. The Bertz CT molecular complexity index is 588. The lowest BCUT2D eigenvalue weighted by molar-refractivity contribution is -0.116. The molecule has 4 nitrogen and oxygen atoms in total. The fraction of sp³-hybridized carbons (Fsp3) is 0.133. The van der Waals surface area contributed by atoms with Gasteiger partial charge < -0.3 is 15.8 Å². The molecule has 0 atom stereocenters. The van der Waals surface area contributed by atoms with Crippen molar-refractivity contribution in [1.29, 1.82) is 0 Å². The number of carbonyl (C=O) groups excluding carboxylic acids is 1. The summed E-state index contributed by atoms with van der Waals surface area (Å²) in [4.78, 5) is 11.8. The van der Waals surface area contributed by atoms with Gasteiger partial charge in [-0.25, -0.2) is 0 Å². The minimum atomic E-state index is -0.171. The van der Waals surface area contributed by atoms with Gasteiger partial charge in [-0.15, -0.1) is 0 Å². The molecule has 0 spiro atoms. The molecule has 20 heavy (non-hydrogen) atoms. The molecule has 0 unspecified atom stereocenters. The fourth-order valence-electron chi connectivity index (χ4n) is 1.63. The lowest BCUT2D eigenvalue weighted by Crippen LogP contribution is -2.16. The van der Waals surface area contributed by atoms with Crippen molar-refractivity contribution in [2.45, 2.75) is 6.42 Å². The molecule has 3 N–H and O–H groups in total. The molecule has 0 aliphatic rings. The second kappa shape index (κ2) is 6.82. The van der Waals surface area contributed by atoms with E-state index in [-0.39, 0.29) is 12.3 Å². The number of rotatable bonds is 5. The van der Waals surface area contributed by atoms with Gasteiger partial charge in [0.25, 0.3) is 0 Å².